The highest BCUT2D eigenvalue weighted by Crippen LogP contribution is 2.26. The summed E-state index contributed by atoms with van der Waals surface area (Å²) in [5.41, 5.74) is 5.26. The van der Waals surface area contributed by atoms with Crippen LogP contribution < -0.4 is 4.72 Å². The van der Waals surface area contributed by atoms with Crippen molar-refractivity contribution in [2.24, 2.45) is 0 Å². The van der Waals surface area contributed by atoms with E-state index in [9.17, 15) is 13.5 Å². The van der Waals surface area contributed by atoms with Crippen molar-refractivity contribution in [3.63, 3.8) is 0 Å². The number of fused-ring (bicyclic) bond motifs is 1. The van der Waals surface area contributed by atoms with Crippen molar-refractivity contribution in [2.75, 3.05) is 11.0 Å². The van der Waals surface area contributed by atoms with E-state index in [4.69, 9.17) is 0 Å². The fourth-order valence-corrected chi connectivity index (χ4v) is 3.59. The molecule has 4 rings (SSSR count). The van der Waals surface area contributed by atoms with Crippen molar-refractivity contribution < 1.29 is 13.5 Å². The number of aliphatic hydroxyl groups is 1. The molecule has 0 amide bonds. The van der Waals surface area contributed by atoms with E-state index in [2.05, 4.69) is 14.7 Å². The molecule has 0 aliphatic heterocycles. The molecule has 142 valence electrons. The van der Waals surface area contributed by atoms with Crippen molar-refractivity contribution in [1.29, 1.82) is 0 Å². The van der Waals surface area contributed by atoms with Gasteiger partial charge in [-0.3, -0.25) is 14.1 Å². The number of hydrogen-bond acceptors (Lipinski definition) is 5. The lowest BCUT2D eigenvalue weighted by Gasteiger charge is -2.08. The standard InChI is InChI=1S/C20H18N4O3S/c1-28(26,27)23-17-7-3-5-15(9-17)18-12-24-19(10-22-20(24)11-21-18)16-6-2-4-14(8-16)13-25/h2-12,23,25H,13H2,1H3. The van der Waals surface area contributed by atoms with Gasteiger partial charge in [-0.1, -0.05) is 30.3 Å². The molecule has 0 spiro atoms. The van der Waals surface area contributed by atoms with Gasteiger partial charge in [-0.15, -0.1) is 0 Å². The molecular weight excluding hydrogens is 376 g/mol. The molecule has 0 fully saturated rings. The molecule has 2 N–H and O–H groups in total. The van der Waals surface area contributed by atoms with Crippen LogP contribution in [0.1, 0.15) is 5.56 Å². The van der Waals surface area contributed by atoms with Gasteiger partial charge in [0.1, 0.15) is 0 Å². The van der Waals surface area contributed by atoms with Crippen molar-refractivity contribution in [1.82, 2.24) is 14.4 Å². The van der Waals surface area contributed by atoms with Crippen molar-refractivity contribution >= 4 is 21.4 Å². The first-order chi connectivity index (χ1) is 13.4. The van der Waals surface area contributed by atoms with E-state index >= 15 is 0 Å². The van der Waals surface area contributed by atoms with E-state index in [0.29, 0.717) is 17.0 Å². The third kappa shape index (κ3) is 3.73. The number of sulfonamides is 1. The minimum absolute atomic E-state index is 0.0302. The SMILES string of the molecule is CS(=O)(=O)Nc1cccc(-c2cn3c(-c4cccc(CO)c4)cnc3cn2)c1. The Morgan fingerprint density at radius 3 is 2.61 bits per heavy atom. The Hall–Kier alpha value is -3.23. The van der Waals surface area contributed by atoms with E-state index in [1.165, 1.54) is 0 Å². The maximum Gasteiger partial charge on any atom is 0.229 e. The zero-order valence-electron chi connectivity index (χ0n) is 15.1. The first kappa shape index (κ1) is 18.1. The van der Waals surface area contributed by atoms with Crippen molar-refractivity contribution in [3.8, 4) is 22.5 Å². The van der Waals surface area contributed by atoms with Gasteiger partial charge < -0.3 is 5.11 Å². The second kappa shape index (κ2) is 7.06. The molecule has 0 aliphatic rings. The summed E-state index contributed by atoms with van der Waals surface area (Å²) in [5.74, 6) is 0. The summed E-state index contributed by atoms with van der Waals surface area (Å²) in [6.45, 7) is -0.0302. The maximum atomic E-state index is 11.5. The van der Waals surface area contributed by atoms with Gasteiger partial charge in [0, 0.05) is 23.0 Å². The summed E-state index contributed by atoms with van der Waals surface area (Å²) in [4.78, 5) is 8.85. The highest BCUT2D eigenvalue weighted by atomic mass is 32.2. The second-order valence-electron chi connectivity index (χ2n) is 6.46. The molecule has 2 heterocycles. The molecule has 2 aromatic carbocycles. The molecule has 0 bridgehead atoms. The van der Waals surface area contributed by atoms with Gasteiger partial charge in [0.15, 0.2) is 5.65 Å². The molecular formula is C20H18N4O3S. The van der Waals surface area contributed by atoms with Crippen LogP contribution >= 0.6 is 0 Å². The maximum absolute atomic E-state index is 11.5. The number of anilines is 1. The highest BCUT2D eigenvalue weighted by Gasteiger charge is 2.10. The number of imidazole rings is 1. The van der Waals surface area contributed by atoms with Gasteiger partial charge in [0.25, 0.3) is 0 Å². The van der Waals surface area contributed by atoms with Crippen LogP contribution in [0.25, 0.3) is 28.2 Å². The normalized spacial score (nSPS) is 11.6. The quantitative estimate of drug-likeness (QED) is 0.542. The van der Waals surface area contributed by atoms with Crippen LogP contribution in [0, 0.1) is 0 Å². The highest BCUT2D eigenvalue weighted by molar-refractivity contribution is 7.92. The largest absolute Gasteiger partial charge is 0.392 e. The zero-order valence-corrected chi connectivity index (χ0v) is 15.9. The average molecular weight is 394 g/mol. The summed E-state index contributed by atoms with van der Waals surface area (Å²) in [6.07, 6.45) is 6.41. The Kier molecular flexibility index (Phi) is 4.58. The number of benzene rings is 2. The summed E-state index contributed by atoms with van der Waals surface area (Å²) >= 11 is 0. The van der Waals surface area contributed by atoms with E-state index in [1.807, 2.05) is 40.9 Å². The molecule has 0 aliphatic carbocycles. The van der Waals surface area contributed by atoms with Crippen LogP contribution in [0.2, 0.25) is 0 Å². The molecule has 28 heavy (non-hydrogen) atoms. The third-order valence-electron chi connectivity index (χ3n) is 4.26. The average Bonchev–Trinajstić information content (AvgIpc) is 3.10. The molecule has 7 nitrogen and oxygen atoms in total. The number of nitrogens with zero attached hydrogens (tertiary/aromatic N) is 3. The topological polar surface area (TPSA) is 96.6 Å². The van der Waals surface area contributed by atoms with E-state index in [0.717, 1.165) is 28.6 Å². The van der Waals surface area contributed by atoms with Crippen molar-refractivity contribution in [2.45, 2.75) is 6.61 Å². The summed E-state index contributed by atoms with van der Waals surface area (Å²) in [6, 6.07) is 14.7. The first-order valence-electron chi connectivity index (χ1n) is 8.54. The Labute approximate surface area is 162 Å². The number of rotatable bonds is 5. The number of aromatic nitrogens is 3. The first-order valence-corrected chi connectivity index (χ1v) is 10.4. The predicted octanol–water partition coefficient (Wildman–Crippen LogP) is 2.93. The van der Waals surface area contributed by atoms with Crippen LogP contribution in [0.4, 0.5) is 5.69 Å². The van der Waals surface area contributed by atoms with Crippen LogP contribution in [0.15, 0.2) is 67.1 Å². The third-order valence-corrected chi connectivity index (χ3v) is 4.87. The summed E-state index contributed by atoms with van der Waals surface area (Å²) in [5, 5.41) is 9.39. The molecule has 0 unspecified atom stereocenters. The number of aliphatic hydroxyl groups excluding tert-OH is 1. The smallest absolute Gasteiger partial charge is 0.229 e. The Balaban J connectivity index is 1.79. The van der Waals surface area contributed by atoms with Gasteiger partial charge in [0.05, 0.1) is 36.6 Å². The minimum atomic E-state index is -3.36. The fraction of sp³-hybridized carbons (Fsp3) is 0.100. The van der Waals surface area contributed by atoms with Gasteiger partial charge in [-0.2, -0.15) is 0 Å². The lowest BCUT2D eigenvalue weighted by Crippen LogP contribution is -2.09. The Morgan fingerprint density at radius 1 is 1.04 bits per heavy atom. The Bertz CT molecular complexity index is 1270. The van der Waals surface area contributed by atoms with Gasteiger partial charge in [0.2, 0.25) is 10.0 Å². The van der Waals surface area contributed by atoms with Gasteiger partial charge in [-0.25, -0.2) is 13.4 Å². The van der Waals surface area contributed by atoms with Gasteiger partial charge in [-0.05, 0) is 23.8 Å². The van der Waals surface area contributed by atoms with E-state index < -0.39 is 10.0 Å². The lowest BCUT2D eigenvalue weighted by atomic mass is 10.1. The van der Waals surface area contributed by atoms with Crippen molar-refractivity contribution in [3.05, 3.63) is 72.7 Å². The van der Waals surface area contributed by atoms with E-state index in [-0.39, 0.29) is 6.61 Å². The molecule has 0 saturated carbocycles. The zero-order chi connectivity index (χ0) is 19.7. The second-order valence-corrected chi connectivity index (χ2v) is 8.21. The van der Waals surface area contributed by atoms with Crippen LogP contribution in [0.5, 0.6) is 0 Å². The molecule has 0 saturated heterocycles. The lowest BCUT2D eigenvalue weighted by molar-refractivity contribution is 0.282. The molecule has 0 radical (unpaired) electrons. The fourth-order valence-electron chi connectivity index (χ4n) is 3.04. The van der Waals surface area contributed by atoms with Crippen LogP contribution in [0.3, 0.4) is 0 Å². The summed E-state index contributed by atoms with van der Waals surface area (Å²) < 4.78 is 27.4. The molecule has 4 aromatic rings. The van der Waals surface area contributed by atoms with E-state index in [1.54, 1.807) is 30.6 Å². The minimum Gasteiger partial charge on any atom is -0.392 e. The number of hydrogen-bond donors (Lipinski definition) is 2. The molecule has 0 atom stereocenters. The predicted molar refractivity (Wildman–Crippen MR) is 108 cm³/mol. The van der Waals surface area contributed by atoms with Gasteiger partial charge >= 0.3 is 0 Å². The monoisotopic (exact) mass is 394 g/mol. The number of nitrogens with one attached hydrogen (secondary N) is 1. The molecule has 8 heteroatoms. The Morgan fingerprint density at radius 2 is 1.82 bits per heavy atom. The molecule has 2 aromatic heterocycles. The summed E-state index contributed by atoms with van der Waals surface area (Å²) in [7, 11) is -3.36. The van der Waals surface area contributed by atoms with Crippen LogP contribution in [-0.2, 0) is 16.6 Å². The van der Waals surface area contributed by atoms with Crippen LogP contribution in [-0.4, -0.2) is 34.1 Å².